The summed E-state index contributed by atoms with van der Waals surface area (Å²) in [5.74, 6) is 0.955. The monoisotopic (exact) mass is 287 g/mol. The molecule has 3 nitrogen and oxygen atoms in total. The van der Waals surface area contributed by atoms with Crippen LogP contribution in [0.4, 0.5) is 0 Å². The average molecular weight is 287 g/mol. The SMILES string of the molecule is C=CCn1c2ccccc2n2cc(-c3ccc(C)cc3)nc12. The number of nitrogens with zero attached hydrogens (tertiary/aromatic N) is 3. The number of rotatable bonds is 3. The minimum Gasteiger partial charge on any atom is -0.306 e. The highest BCUT2D eigenvalue weighted by Crippen LogP contribution is 2.25. The zero-order chi connectivity index (χ0) is 15.1. The molecular formula is C19H17N3. The van der Waals surface area contributed by atoms with Crippen molar-refractivity contribution in [2.75, 3.05) is 0 Å². The zero-order valence-electron chi connectivity index (χ0n) is 12.5. The summed E-state index contributed by atoms with van der Waals surface area (Å²) in [6.45, 7) is 6.71. The number of hydrogen-bond donors (Lipinski definition) is 0. The summed E-state index contributed by atoms with van der Waals surface area (Å²) in [5, 5.41) is 0. The maximum Gasteiger partial charge on any atom is 0.215 e. The first-order valence-electron chi connectivity index (χ1n) is 7.42. The Morgan fingerprint density at radius 2 is 1.77 bits per heavy atom. The molecule has 4 aromatic rings. The van der Waals surface area contributed by atoms with Crippen LogP contribution < -0.4 is 0 Å². The molecule has 2 aromatic heterocycles. The van der Waals surface area contributed by atoms with E-state index >= 15 is 0 Å². The van der Waals surface area contributed by atoms with Crippen molar-refractivity contribution in [3.05, 3.63) is 72.9 Å². The van der Waals surface area contributed by atoms with Gasteiger partial charge in [-0.3, -0.25) is 4.40 Å². The van der Waals surface area contributed by atoms with Crippen molar-refractivity contribution < 1.29 is 0 Å². The van der Waals surface area contributed by atoms with Gasteiger partial charge in [-0.15, -0.1) is 6.58 Å². The van der Waals surface area contributed by atoms with E-state index in [1.807, 2.05) is 6.08 Å². The van der Waals surface area contributed by atoms with Crippen LogP contribution in [0.25, 0.3) is 28.1 Å². The van der Waals surface area contributed by atoms with Crippen molar-refractivity contribution in [3.8, 4) is 11.3 Å². The van der Waals surface area contributed by atoms with E-state index in [4.69, 9.17) is 4.98 Å². The largest absolute Gasteiger partial charge is 0.306 e. The van der Waals surface area contributed by atoms with Crippen molar-refractivity contribution in [2.45, 2.75) is 13.5 Å². The minimum atomic E-state index is 0.751. The Bertz CT molecular complexity index is 971. The van der Waals surface area contributed by atoms with Gasteiger partial charge in [-0.2, -0.15) is 0 Å². The molecule has 108 valence electrons. The van der Waals surface area contributed by atoms with E-state index in [0.717, 1.165) is 23.6 Å². The molecule has 4 rings (SSSR count). The highest BCUT2D eigenvalue weighted by Gasteiger charge is 2.13. The van der Waals surface area contributed by atoms with E-state index in [-0.39, 0.29) is 0 Å². The maximum atomic E-state index is 4.85. The molecule has 2 aromatic carbocycles. The second-order valence-electron chi connectivity index (χ2n) is 5.55. The van der Waals surface area contributed by atoms with Crippen LogP contribution >= 0.6 is 0 Å². The predicted octanol–water partition coefficient (Wildman–Crippen LogP) is 4.45. The fraction of sp³-hybridized carbons (Fsp3) is 0.105. The van der Waals surface area contributed by atoms with E-state index in [2.05, 4.69) is 77.2 Å². The van der Waals surface area contributed by atoms with E-state index in [0.29, 0.717) is 0 Å². The van der Waals surface area contributed by atoms with Gasteiger partial charge in [-0.25, -0.2) is 4.98 Å². The standard InChI is InChI=1S/C19H17N3/c1-3-12-21-17-6-4-5-7-18(17)22-13-16(20-19(21)22)15-10-8-14(2)9-11-15/h3-11,13H,1,12H2,2H3. The van der Waals surface area contributed by atoms with Gasteiger partial charge in [-0.05, 0) is 19.1 Å². The van der Waals surface area contributed by atoms with Crippen LogP contribution in [0, 0.1) is 6.92 Å². The first-order valence-corrected chi connectivity index (χ1v) is 7.42. The molecule has 0 atom stereocenters. The number of para-hydroxylation sites is 2. The second kappa shape index (κ2) is 4.88. The summed E-state index contributed by atoms with van der Waals surface area (Å²) < 4.78 is 4.36. The topological polar surface area (TPSA) is 22.2 Å². The van der Waals surface area contributed by atoms with Crippen molar-refractivity contribution in [1.82, 2.24) is 14.0 Å². The van der Waals surface area contributed by atoms with E-state index in [9.17, 15) is 0 Å². The lowest BCUT2D eigenvalue weighted by Crippen LogP contribution is -1.95. The van der Waals surface area contributed by atoms with Gasteiger partial charge in [0.1, 0.15) is 0 Å². The van der Waals surface area contributed by atoms with Gasteiger partial charge in [0.25, 0.3) is 0 Å². The molecule has 0 saturated heterocycles. The first-order chi connectivity index (χ1) is 10.8. The first kappa shape index (κ1) is 12.9. The Morgan fingerprint density at radius 3 is 2.50 bits per heavy atom. The summed E-state index contributed by atoms with van der Waals surface area (Å²) in [7, 11) is 0. The molecule has 0 aliphatic rings. The molecule has 22 heavy (non-hydrogen) atoms. The normalized spacial score (nSPS) is 11.3. The van der Waals surface area contributed by atoms with Crippen molar-refractivity contribution in [2.24, 2.45) is 0 Å². The minimum absolute atomic E-state index is 0.751. The van der Waals surface area contributed by atoms with Gasteiger partial charge in [0.2, 0.25) is 5.78 Å². The number of allylic oxidation sites excluding steroid dienone is 1. The highest BCUT2D eigenvalue weighted by molar-refractivity contribution is 5.82. The van der Waals surface area contributed by atoms with Crippen LogP contribution in [-0.2, 0) is 6.54 Å². The van der Waals surface area contributed by atoms with Crippen LogP contribution in [-0.4, -0.2) is 14.0 Å². The molecule has 0 saturated carbocycles. The lowest BCUT2D eigenvalue weighted by Gasteiger charge is -2.00. The molecule has 0 bridgehead atoms. The molecule has 0 aliphatic heterocycles. The quantitative estimate of drug-likeness (QED) is 0.510. The summed E-state index contributed by atoms with van der Waals surface area (Å²) in [5.41, 5.74) is 5.75. The molecule has 3 heteroatoms. The van der Waals surface area contributed by atoms with Crippen LogP contribution in [0.2, 0.25) is 0 Å². The van der Waals surface area contributed by atoms with Crippen molar-refractivity contribution in [3.63, 3.8) is 0 Å². The van der Waals surface area contributed by atoms with Crippen LogP contribution in [0.5, 0.6) is 0 Å². The number of imidazole rings is 2. The zero-order valence-corrected chi connectivity index (χ0v) is 12.5. The lowest BCUT2D eigenvalue weighted by atomic mass is 10.1. The molecule has 0 fully saturated rings. The maximum absolute atomic E-state index is 4.85. The average Bonchev–Trinajstić information content (AvgIpc) is 3.08. The number of fused-ring (bicyclic) bond motifs is 3. The molecule has 0 amide bonds. The third-order valence-electron chi connectivity index (χ3n) is 4.02. The highest BCUT2D eigenvalue weighted by atomic mass is 15.2. The van der Waals surface area contributed by atoms with Gasteiger partial charge in [0, 0.05) is 18.3 Å². The van der Waals surface area contributed by atoms with Gasteiger partial charge in [-0.1, -0.05) is 48.0 Å². The lowest BCUT2D eigenvalue weighted by molar-refractivity contribution is 0.874. The Hall–Kier alpha value is -2.81. The van der Waals surface area contributed by atoms with E-state index in [1.165, 1.54) is 16.6 Å². The fourth-order valence-corrected chi connectivity index (χ4v) is 2.91. The van der Waals surface area contributed by atoms with E-state index in [1.54, 1.807) is 0 Å². The molecule has 0 radical (unpaired) electrons. The van der Waals surface area contributed by atoms with Gasteiger partial charge in [0.15, 0.2) is 0 Å². The van der Waals surface area contributed by atoms with Gasteiger partial charge >= 0.3 is 0 Å². The van der Waals surface area contributed by atoms with Crippen LogP contribution in [0.3, 0.4) is 0 Å². The molecule has 0 N–H and O–H groups in total. The summed E-state index contributed by atoms with van der Waals surface area (Å²) in [4.78, 5) is 4.85. The fourth-order valence-electron chi connectivity index (χ4n) is 2.91. The van der Waals surface area contributed by atoms with Gasteiger partial charge < -0.3 is 4.57 Å². The van der Waals surface area contributed by atoms with Crippen molar-refractivity contribution >= 4 is 16.8 Å². The Kier molecular flexibility index (Phi) is 2.86. The number of hydrogen-bond acceptors (Lipinski definition) is 1. The number of aromatic nitrogens is 3. The van der Waals surface area contributed by atoms with Crippen LogP contribution in [0.1, 0.15) is 5.56 Å². The molecule has 0 spiro atoms. The molecule has 0 unspecified atom stereocenters. The smallest absolute Gasteiger partial charge is 0.215 e. The third-order valence-corrected chi connectivity index (χ3v) is 4.02. The summed E-state index contributed by atoms with van der Waals surface area (Å²) >= 11 is 0. The second-order valence-corrected chi connectivity index (χ2v) is 5.55. The van der Waals surface area contributed by atoms with E-state index < -0.39 is 0 Å². The summed E-state index contributed by atoms with van der Waals surface area (Å²) in [6, 6.07) is 16.9. The Labute approximate surface area is 129 Å². The number of aryl methyl sites for hydroxylation is 1. The Balaban J connectivity index is 1.99. The Morgan fingerprint density at radius 1 is 1.05 bits per heavy atom. The predicted molar refractivity (Wildman–Crippen MR) is 91.1 cm³/mol. The van der Waals surface area contributed by atoms with Crippen LogP contribution in [0.15, 0.2) is 67.4 Å². The molecule has 2 heterocycles. The molecule has 0 aliphatic carbocycles. The third kappa shape index (κ3) is 1.86. The number of benzene rings is 2. The molecular weight excluding hydrogens is 270 g/mol. The van der Waals surface area contributed by atoms with Crippen molar-refractivity contribution in [1.29, 1.82) is 0 Å². The summed E-state index contributed by atoms with van der Waals surface area (Å²) in [6.07, 6.45) is 4.02. The van der Waals surface area contributed by atoms with Gasteiger partial charge in [0.05, 0.1) is 16.7 Å².